The zero-order valence-corrected chi connectivity index (χ0v) is 7.84. The van der Waals surface area contributed by atoms with E-state index in [0.717, 1.165) is 0 Å². The lowest BCUT2D eigenvalue weighted by molar-refractivity contribution is -0.186. The molecule has 0 unspecified atom stereocenters. The molecule has 0 aromatic heterocycles. The lowest BCUT2D eigenvalue weighted by Gasteiger charge is -2.07. The molecule has 0 saturated carbocycles. The van der Waals surface area contributed by atoms with Crippen LogP contribution in [0.2, 0.25) is 0 Å². The van der Waals surface area contributed by atoms with E-state index in [-0.39, 0.29) is 25.7 Å². The molecule has 0 saturated heterocycles. The summed E-state index contributed by atoms with van der Waals surface area (Å²) in [6.45, 7) is -1.59. The van der Waals surface area contributed by atoms with Crippen molar-refractivity contribution in [2.75, 3.05) is 6.61 Å². The number of esters is 1. The summed E-state index contributed by atoms with van der Waals surface area (Å²) in [4.78, 5) is 20.7. The molecule has 0 bridgehead atoms. The van der Waals surface area contributed by atoms with Crippen molar-refractivity contribution in [3.63, 3.8) is 0 Å². The van der Waals surface area contributed by atoms with E-state index in [4.69, 9.17) is 5.11 Å². The Morgan fingerprint density at radius 3 is 2.13 bits per heavy atom. The van der Waals surface area contributed by atoms with Gasteiger partial charge < -0.3 is 9.84 Å². The third-order valence-corrected chi connectivity index (χ3v) is 1.42. The number of hydrogen-bond acceptors (Lipinski definition) is 3. The minimum absolute atomic E-state index is 0.105. The van der Waals surface area contributed by atoms with E-state index in [9.17, 15) is 22.8 Å². The van der Waals surface area contributed by atoms with Crippen LogP contribution in [0.25, 0.3) is 0 Å². The molecule has 0 aromatic rings. The molecule has 0 atom stereocenters. The van der Waals surface area contributed by atoms with Crippen LogP contribution >= 0.6 is 0 Å². The van der Waals surface area contributed by atoms with Crippen LogP contribution in [0.5, 0.6) is 0 Å². The third kappa shape index (κ3) is 10.7. The van der Waals surface area contributed by atoms with Crippen molar-refractivity contribution >= 4 is 11.9 Å². The SMILES string of the molecule is O=C(O)CCCCC(=O)OCC(F)(F)F. The number of unbranched alkanes of at least 4 members (excludes halogenated alkanes) is 1. The number of hydrogen-bond donors (Lipinski definition) is 1. The van der Waals surface area contributed by atoms with Gasteiger partial charge in [-0.25, -0.2) is 0 Å². The van der Waals surface area contributed by atoms with E-state index in [0.29, 0.717) is 0 Å². The Hall–Kier alpha value is -1.27. The average molecular weight is 228 g/mol. The minimum Gasteiger partial charge on any atom is -0.481 e. The first kappa shape index (κ1) is 13.7. The number of aliphatic carboxylic acids is 1. The van der Waals surface area contributed by atoms with E-state index < -0.39 is 24.7 Å². The molecule has 7 heteroatoms. The molecular formula is C8H11F3O4. The largest absolute Gasteiger partial charge is 0.481 e. The molecule has 0 spiro atoms. The third-order valence-electron chi connectivity index (χ3n) is 1.42. The monoisotopic (exact) mass is 228 g/mol. The fourth-order valence-corrected chi connectivity index (χ4v) is 0.780. The van der Waals surface area contributed by atoms with E-state index in [2.05, 4.69) is 4.74 Å². The van der Waals surface area contributed by atoms with Crippen LogP contribution in [0.1, 0.15) is 25.7 Å². The summed E-state index contributed by atoms with van der Waals surface area (Å²) >= 11 is 0. The maximum atomic E-state index is 11.6. The normalized spacial score (nSPS) is 11.1. The van der Waals surface area contributed by atoms with Gasteiger partial charge in [0, 0.05) is 12.8 Å². The standard InChI is InChI=1S/C8H11F3O4/c9-8(10,11)5-15-7(14)4-2-1-3-6(12)13/h1-5H2,(H,12,13). The fourth-order valence-electron chi connectivity index (χ4n) is 0.780. The van der Waals surface area contributed by atoms with Gasteiger partial charge in [0.1, 0.15) is 0 Å². The summed E-state index contributed by atoms with van der Waals surface area (Å²) in [6, 6.07) is 0. The number of alkyl halides is 3. The summed E-state index contributed by atoms with van der Waals surface area (Å²) in [5, 5.41) is 8.22. The van der Waals surface area contributed by atoms with Gasteiger partial charge in [0.05, 0.1) is 0 Å². The Balaban J connectivity index is 3.46. The lowest BCUT2D eigenvalue weighted by Crippen LogP contribution is -2.20. The van der Waals surface area contributed by atoms with Gasteiger partial charge in [-0.1, -0.05) is 0 Å². The van der Waals surface area contributed by atoms with Gasteiger partial charge >= 0.3 is 18.1 Å². The topological polar surface area (TPSA) is 63.6 Å². The van der Waals surface area contributed by atoms with Crippen molar-refractivity contribution in [1.82, 2.24) is 0 Å². The number of carbonyl (C=O) groups excluding carboxylic acids is 1. The fraction of sp³-hybridized carbons (Fsp3) is 0.750. The number of rotatable bonds is 6. The van der Waals surface area contributed by atoms with Gasteiger partial charge in [0.25, 0.3) is 0 Å². The van der Waals surface area contributed by atoms with Gasteiger partial charge in [-0.2, -0.15) is 13.2 Å². The molecule has 0 aliphatic carbocycles. The Morgan fingerprint density at radius 1 is 1.13 bits per heavy atom. The molecule has 0 radical (unpaired) electrons. The Labute approximate surface area is 84.0 Å². The van der Waals surface area contributed by atoms with Crippen molar-refractivity contribution in [1.29, 1.82) is 0 Å². The number of ether oxygens (including phenoxy) is 1. The molecule has 0 amide bonds. The van der Waals surface area contributed by atoms with Crippen molar-refractivity contribution in [2.24, 2.45) is 0 Å². The first-order valence-electron chi connectivity index (χ1n) is 4.25. The first-order chi connectivity index (χ1) is 6.81. The van der Waals surface area contributed by atoms with Crippen LogP contribution in [0, 0.1) is 0 Å². The Morgan fingerprint density at radius 2 is 1.67 bits per heavy atom. The van der Waals surface area contributed by atoms with Crippen LogP contribution in [-0.2, 0) is 14.3 Å². The molecule has 0 aliphatic heterocycles. The molecule has 0 aromatic carbocycles. The highest BCUT2D eigenvalue weighted by atomic mass is 19.4. The summed E-state index contributed by atoms with van der Waals surface area (Å²) < 4.78 is 38.6. The quantitative estimate of drug-likeness (QED) is 0.555. The summed E-state index contributed by atoms with van der Waals surface area (Å²) in [5.74, 6) is -1.96. The van der Waals surface area contributed by atoms with E-state index >= 15 is 0 Å². The van der Waals surface area contributed by atoms with E-state index in [1.54, 1.807) is 0 Å². The molecule has 0 heterocycles. The second-order valence-corrected chi connectivity index (χ2v) is 2.88. The second kappa shape index (κ2) is 6.26. The van der Waals surface area contributed by atoms with Gasteiger partial charge in [-0.15, -0.1) is 0 Å². The number of carbonyl (C=O) groups is 2. The Bertz CT molecular complexity index is 224. The van der Waals surface area contributed by atoms with Crippen molar-refractivity contribution in [2.45, 2.75) is 31.9 Å². The van der Waals surface area contributed by atoms with Gasteiger partial charge in [-0.05, 0) is 12.8 Å². The van der Waals surface area contributed by atoms with Gasteiger partial charge in [0.15, 0.2) is 6.61 Å². The highest BCUT2D eigenvalue weighted by Gasteiger charge is 2.29. The molecule has 88 valence electrons. The Kier molecular flexibility index (Phi) is 5.73. The first-order valence-corrected chi connectivity index (χ1v) is 4.25. The molecule has 4 nitrogen and oxygen atoms in total. The molecule has 1 N–H and O–H groups in total. The van der Waals surface area contributed by atoms with Gasteiger partial charge in [0.2, 0.25) is 0 Å². The van der Waals surface area contributed by atoms with E-state index in [1.165, 1.54) is 0 Å². The highest BCUT2D eigenvalue weighted by molar-refractivity contribution is 5.69. The van der Waals surface area contributed by atoms with Crippen LogP contribution in [-0.4, -0.2) is 29.8 Å². The number of halogens is 3. The predicted octanol–water partition coefficient (Wildman–Crippen LogP) is 1.74. The molecule has 15 heavy (non-hydrogen) atoms. The molecule has 0 rings (SSSR count). The van der Waals surface area contributed by atoms with Crippen LogP contribution in [0.4, 0.5) is 13.2 Å². The average Bonchev–Trinajstić information content (AvgIpc) is 2.07. The van der Waals surface area contributed by atoms with E-state index in [1.807, 2.05) is 0 Å². The van der Waals surface area contributed by atoms with Gasteiger partial charge in [-0.3, -0.25) is 9.59 Å². The highest BCUT2D eigenvalue weighted by Crippen LogP contribution is 2.15. The second-order valence-electron chi connectivity index (χ2n) is 2.88. The van der Waals surface area contributed by atoms with Crippen LogP contribution in [0.3, 0.4) is 0 Å². The zero-order valence-electron chi connectivity index (χ0n) is 7.84. The summed E-state index contributed by atoms with van der Waals surface area (Å²) in [6.07, 6.45) is -4.36. The maximum absolute atomic E-state index is 11.6. The van der Waals surface area contributed by atoms with Crippen LogP contribution in [0.15, 0.2) is 0 Å². The maximum Gasteiger partial charge on any atom is 0.422 e. The van der Waals surface area contributed by atoms with Crippen molar-refractivity contribution in [3.05, 3.63) is 0 Å². The lowest BCUT2D eigenvalue weighted by atomic mass is 10.2. The summed E-state index contributed by atoms with van der Waals surface area (Å²) in [7, 11) is 0. The molecular weight excluding hydrogens is 217 g/mol. The molecule has 0 fully saturated rings. The summed E-state index contributed by atoms with van der Waals surface area (Å²) in [5.41, 5.74) is 0. The van der Waals surface area contributed by atoms with Crippen molar-refractivity contribution in [3.8, 4) is 0 Å². The smallest absolute Gasteiger partial charge is 0.422 e. The van der Waals surface area contributed by atoms with Crippen molar-refractivity contribution < 1.29 is 32.6 Å². The minimum atomic E-state index is -4.52. The number of carboxylic acid groups (broad SMARTS) is 1. The molecule has 0 aliphatic rings. The predicted molar refractivity (Wildman–Crippen MR) is 43.1 cm³/mol. The zero-order chi connectivity index (χ0) is 11.9. The van der Waals surface area contributed by atoms with Crippen LogP contribution < -0.4 is 0 Å². The number of carboxylic acids is 1.